The maximum absolute atomic E-state index is 9.21. The third kappa shape index (κ3) is 2.20. The van der Waals surface area contributed by atoms with Gasteiger partial charge in [-0.2, -0.15) is 5.26 Å². The Kier molecular flexibility index (Phi) is 3.29. The molecule has 0 aromatic heterocycles. The molecule has 1 saturated heterocycles. The van der Waals surface area contributed by atoms with E-state index in [9.17, 15) is 5.26 Å². The number of rotatable bonds is 2. The summed E-state index contributed by atoms with van der Waals surface area (Å²) in [5.74, 6) is 0. The quantitative estimate of drug-likeness (QED) is 0.668. The predicted molar refractivity (Wildman–Crippen MR) is 53.3 cm³/mol. The molecule has 1 fully saturated rings. The molecule has 1 rings (SSSR count). The number of hydrogen-bond donors (Lipinski definition) is 2. The van der Waals surface area contributed by atoms with Crippen molar-refractivity contribution in [3.63, 3.8) is 0 Å². The van der Waals surface area contributed by atoms with Gasteiger partial charge < -0.3 is 5.32 Å². The maximum atomic E-state index is 9.21. The number of hydrogen-bond acceptors (Lipinski definition) is 3. The number of nitriles is 1. The SMILES string of the molecule is CC(C)NC1(C#N)CCCNC1C. The van der Waals surface area contributed by atoms with Gasteiger partial charge in [0.05, 0.1) is 6.07 Å². The molecule has 2 atom stereocenters. The van der Waals surface area contributed by atoms with Gasteiger partial charge in [-0.15, -0.1) is 0 Å². The molecule has 1 aliphatic rings. The van der Waals surface area contributed by atoms with Crippen LogP contribution in [-0.2, 0) is 0 Å². The van der Waals surface area contributed by atoms with Crippen molar-refractivity contribution in [2.24, 2.45) is 0 Å². The van der Waals surface area contributed by atoms with Crippen LogP contribution in [0.2, 0.25) is 0 Å². The zero-order chi connectivity index (χ0) is 9.90. The van der Waals surface area contributed by atoms with E-state index in [2.05, 4.69) is 37.5 Å². The highest BCUT2D eigenvalue weighted by Crippen LogP contribution is 2.21. The van der Waals surface area contributed by atoms with E-state index in [4.69, 9.17) is 0 Å². The van der Waals surface area contributed by atoms with Gasteiger partial charge in [0, 0.05) is 12.1 Å². The summed E-state index contributed by atoms with van der Waals surface area (Å²) in [6.07, 6.45) is 2.04. The van der Waals surface area contributed by atoms with E-state index in [0.29, 0.717) is 6.04 Å². The summed E-state index contributed by atoms with van der Waals surface area (Å²) in [6.45, 7) is 7.28. The van der Waals surface area contributed by atoms with Crippen LogP contribution in [0.4, 0.5) is 0 Å². The van der Waals surface area contributed by atoms with Crippen molar-refractivity contribution in [1.29, 1.82) is 5.26 Å². The maximum Gasteiger partial charge on any atom is 0.122 e. The minimum Gasteiger partial charge on any atom is -0.311 e. The molecule has 74 valence electrons. The third-order valence-electron chi connectivity index (χ3n) is 2.68. The largest absolute Gasteiger partial charge is 0.311 e. The van der Waals surface area contributed by atoms with Crippen LogP contribution in [0.3, 0.4) is 0 Å². The lowest BCUT2D eigenvalue weighted by atomic mass is 9.84. The molecule has 0 bridgehead atoms. The molecule has 0 amide bonds. The normalized spacial score (nSPS) is 34.5. The second-order valence-corrected chi connectivity index (χ2v) is 4.16. The van der Waals surface area contributed by atoms with Crippen molar-refractivity contribution in [3.05, 3.63) is 0 Å². The first-order valence-electron chi connectivity index (χ1n) is 5.03. The van der Waals surface area contributed by atoms with E-state index in [0.717, 1.165) is 19.4 Å². The third-order valence-corrected chi connectivity index (χ3v) is 2.68. The Morgan fingerprint density at radius 3 is 2.77 bits per heavy atom. The Hall–Kier alpha value is -0.590. The molecule has 13 heavy (non-hydrogen) atoms. The summed E-state index contributed by atoms with van der Waals surface area (Å²) < 4.78 is 0. The summed E-state index contributed by atoms with van der Waals surface area (Å²) in [4.78, 5) is 0. The summed E-state index contributed by atoms with van der Waals surface area (Å²) in [5, 5.41) is 15.9. The molecule has 0 aliphatic carbocycles. The number of piperidine rings is 1. The fraction of sp³-hybridized carbons (Fsp3) is 0.900. The Bertz CT molecular complexity index is 207. The molecule has 0 aromatic rings. The van der Waals surface area contributed by atoms with Gasteiger partial charge in [-0.25, -0.2) is 0 Å². The fourth-order valence-electron chi connectivity index (χ4n) is 1.97. The summed E-state index contributed by atoms with van der Waals surface area (Å²) >= 11 is 0. The Labute approximate surface area is 80.5 Å². The van der Waals surface area contributed by atoms with Crippen LogP contribution in [-0.4, -0.2) is 24.2 Å². The zero-order valence-corrected chi connectivity index (χ0v) is 8.72. The van der Waals surface area contributed by atoms with Gasteiger partial charge in [0.25, 0.3) is 0 Å². The lowest BCUT2D eigenvalue weighted by Gasteiger charge is -2.39. The first-order chi connectivity index (χ1) is 6.10. The standard InChI is InChI=1S/C10H19N3/c1-8(2)13-10(7-11)5-4-6-12-9(10)3/h8-9,12-13H,4-6H2,1-3H3. The minimum atomic E-state index is -0.355. The van der Waals surface area contributed by atoms with Crippen molar-refractivity contribution in [2.45, 2.75) is 51.2 Å². The molecule has 3 nitrogen and oxygen atoms in total. The minimum absolute atomic E-state index is 0.244. The zero-order valence-electron chi connectivity index (χ0n) is 8.72. The first kappa shape index (κ1) is 10.5. The van der Waals surface area contributed by atoms with E-state index >= 15 is 0 Å². The smallest absolute Gasteiger partial charge is 0.122 e. The van der Waals surface area contributed by atoms with Crippen molar-refractivity contribution in [3.8, 4) is 6.07 Å². The topological polar surface area (TPSA) is 47.9 Å². The highest BCUT2D eigenvalue weighted by Gasteiger charge is 2.38. The van der Waals surface area contributed by atoms with E-state index in [1.54, 1.807) is 0 Å². The Balaban J connectivity index is 2.72. The van der Waals surface area contributed by atoms with Crippen LogP contribution in [0, 0.1) is 11.3 Å². The van der Waals surface area contributed by atoms with Gasteiger partial charge in [0.2, 0.25) is 0 Å². The molecule has 0 radical (unpaired) electrons. The lowest BCUT2D eigenvalue weighted by Crippen LogP contribution is -2.62. The van der Waals surface area contributed by atoms with E-state index in [-0.39, 0.29) is 11.6 Å². The highest BCUT2D eigenvalue weighted by atomic mass is 15.1. The molecule has 0 saturated carbocycles. The summed E-state index contributed by atoms with van der Waals surface area (Å²) in [6, 6.07) is 3.03. The molecular formula is C10H19N3. The van der Waals surface area contributed by atoms with Crippen molar-refractivity contribution in [1.82, 2.24) is 10.6 Å². The average Bonchev–Trinajstić information content (AvgIpc) is 2.08. The summed E-state index contributed by atoms with van der Waals surface area (Å²) in [7, 11) is 0. The van der Waals surface area contributed by atoms with E-state index < -0.39 is 0 Å². The lowest BCUT2D eigenvalue weighted by molar-refractivity contribution is 0.234. The second-order valence-electron chi connectivity index (χ2n) is 4.16. The molecule has 1 heterocycles. The van der Waals surface area contributed by atoms with Crippen LogP contribution in [0.15, 0.2) is 0 Å². The Morgan fingerprint density at radius 1 is 1.62 bits per heavy atom. The van der Waals surface area contributed by atoms with E-state index in [1.165, 1.54) is 0 Å². The van der Waals surface area contributed by atoms with Crippen LogP contribution < -0.4 is 10.6 Å². The second kappa shape index (κ2) is 4.08. The fourth-order valence-corrected chi connectivity index (χ4v) is 1.97. The van der Waals surface area contributed by atoms with Crippen LogP contribution in [0.25, 0.3) is 0 Å². The van der Waals surface area contributed by atoms with Crippen LogP contribution in [0.1, 0.15) is 33.6 Å². The van der Waals surface area contributed by atoms with Gasteiger partial charge in [-0.1, -0.05) is 0 Å². The molecule has 0 spiro atoms. The number of nitrogens with zero attached hydrogens (tertiary/aromatic N) is 1. The van der Waals surface area contributed by atoms with Crippen LogP contribution in [0.5, 0.6) is 0 Å². The molecule has 3 heteroatoms. The van der Waals surface area contributed by atoms with Crippen LogP contribution >= 0.6 is 0 Å². The highest BCUT2D eigenvalue weighted by molar-refractivity contribution is 5.15. The van der Waals surface area contributed by atoms with Crippen molar-refractivity contribution < 1.29 is 0 Å². The first-order valence-corrected chi connectivity index (χ1v) is 5.03. The Morgan fingerprint density at radius 2 is 2.31 bits per heavy atom. The molecule has 0 aromatic carbocycles. The van der Waals surface area contributed by atoms with E-state index in [1.807, 2.05) is 0 Å². The number of nitrogens with one attached hydrogen (secondary N) is 2. The molecule has 1 aliphatic heterocycles. The van der Waals surface area contributed by atoms with Crippen molar-refractivity contribution >= 4 is 0 Å². The van der Waals surface area contributed by atoms with Gasteiger partial charge in [0.1, 0.15) is 5.54 Å². The summed E-state index contributed by atoms with van der Waals surface area (Å²) in [5.41, 5.74) is -0.355. The van der Waals surface area contributed by atoms with Gasteiger partial charge in [0.15, 0.2) is 0 Å². The van der Waals surface area contributed by atoms with Crippen molar-refractivity contribution in [2.75, 3.05) is 6.54 Å². The van der Waals surface area contributed by atoms with Gasteiger partial charge in [-0.3, -0.25) is 5.32 Å². The predicted octanol–water partition coefficient (Wildman–Crippen LogP) is 1.02. The molecule has 2 unspecified atom stereocenters. The average molecular weight is 181 g/mol. The van der Waals surface area contributed by atoms with Gasteiger partial charge >= 0.3 is 0 Å². The molecular weight excluding hydrogens is 162 g/mol. The monoisotopic (exact) mass is 181 g/mol. The molecule has 2 N–H and O–H groups in total. The van der Waals surface area contributed by atoms with Gasteiger partial charge in [-0.05, 0) is 40.2 Å².